The normalized spacial score (nSPS) is 18.7. The monoisotopic (exact) mass is 587 g/mol. The Morgan fingerprint density at radius 1 is 0.884 bits per heavy atom. The van der Waals surface area contributed by atoms with Crippen LogP contribution < -0.4 is 19.5 Å². The molecule has 1 N–H and O–H groups in total. The molecular weight excluding hydrogens is 550 g/mol. The third kappa shape index (κ3) is 6.21. The number of urea groups is 1. The molecule has 2 saturated heterocycles. The van der Waals surface area contributed by atoms with Crippen LogP contribution in [0.3, 0.4) is 0 Å². The van der Waals surface area contributed by atoms with Gasteiger partial charge in [-0.3, -0.25) is 9.59 Å². The van der Waals surface area contributed by atoms with E-state index in [1.807, 2.05) is 72.8 Å². The van der Waals surface area contributed by atoms with E-state index in [1.165, 1.54) is 0 Å². The van der Waals surface area contributed by atoms with Gasteiger partial charge in [0.15, 0.2) is 11.5 Å². The predicted molar refractivity (Wildman–Crippen MR) is 159 cm³/mol. The van der Waals surface area contributed by atoms with Gasteiger partial charge in [-0.1, -0.05) is 48.5 Å². The fourth-order valence-electron chi connectivity index (χ4n) is 5.66. The number of nitrogens with one attached hydrogen (secondary N) is 1. The Labute approximate surface area is 251 Å². The molecule has 0 bridgehead atoms. The molecule has 3 aromatic carbocycles. The van der Waals surface area contributed by atoms with E-state index in [0.29, 0.717) is 30.0 Å². The molecule has 0 spiro atoms. The van der Waals surface area contributed by atoms with Crippen LogP contribution in [0.25, 0.3) is 0 Å². The summed E-state index contributed by atoms with van der Waals surface area (Å²) in [6.45, 7) is 0.815. The van der Waals surface area contributed by atoms with Gasteiger partial charge >= 0.3 is 6.03 Å². The number of ether oxygens (including phenoxy) is 3. The van der Waals surface area contributed by atoms with E-state index in [4.69, 9.17) is 14.2 Å². The summed E-state index contributed by atoms with van der Waals surface area (Å²) >= 11 is 0. The number of benzene rings is 3. The first kappa shape index (κ1) is 29.7. The van der Waals surface area contributed by atoms with E-state index in [1.54, 1.807) is 48.2 Å². The highest BCUT2D eigenvalue weighted by molar-refractivity contribution is 5.92. The highest BCUT2D eigenvalue weighted by Crippen LogP contribution is 2.35. The molecule has 3 aromatic rings. The highest BCUT2D eigenvalue weighted by Gasteiger charge is 2.51. The van der Waals surface area contributed by atoms with E-state index >= 15 is 0 Å². The predicted octanol–water partition coefficient (Wildman–Crippen LogP) is 3.07. The van der Waals surface area contributed by atoms with Crippen LogP contribution in [0.4, 0.5) is 4.79 Å². The lowest BCUT2D eigenvalue weighted by atomic mass is 9.98. The molecular formula is C32H37N5O6. The standard InChI is InChI=1S/C32H37N5O6/c1-34-21-29(38)36-28(37(34)32(40)33-19-23-10-13-25(41-2)14-11-23)20-35(31(39)30(36)24-8-6-5-7-9-24)17-16-22-12-15-26(42-3)27(18-22)43-4/h5-15,18,28,30H,16-17,19-21H2,1-4H3,(H,33,40)/t28?,30-/m0/s1. The van der Waals surface area contributed by atoms with Crippen molar-refractivity contribution in [3.8, 4) is 17.2 Å². The Hall–Kier alpha value is -4.77. The third-order valence-electron chi connectivity index (χ3n) is 7.88. The maximum atomic E-state index is 14.0. The van der Waals surface area contributed by atoms with Gasteiger partial charge in [0.2, 0.25) is 11.8 Å². The van der Waals surface area contributed by atoms with Gasteiger partial charge in [0, 0.05) is 20.1 Å². The summed E-state index contributed by atoms with van der Waals surface area (Å²) in [4.78, 5) is 44.5. The summed E-state index contributed by atoms with van der Waals surface area (Å²) in [6, 6.07) is 21.1. The van der Waals surface area contributed by atoms with E-state index in [-0.39, 0.29) is 37.5 Å². The van der Waals surface area contributed by atoms with Crippen molar-refractivity contribution in [2.75, 3.05) is 48.0 Å². The van der Waals surface area contributed by atoms with Gasteiger partial charge in [0.05, 0.1) is 34.4 Å². The molecule has 1 unspecified atom stereocenters. The summed E-state index contributed by atoms with van der Waals surface area (Å²) in [6.07, 6.45) is -0.149. The Bertz CT molecular complexity index is 1450. The number of fused-ring (bicyclic) bond motifs is 1. The second kappa shape index (κ2) is 13.0. The molecule has 43 heavy (non-hydrogen) atoms. The number of hydrazine groups is 1. The van der Waals surface area contributed by atoms with E-state index in [2.05, 4.69) is 5.32 Å². The molecule has 2 fully saturated rings. The van der Waals surface area contributed by atoms with Crippen molar-refractivity contribution < 1.29 is 28.6 Å². The average molecular weight is 588 g/mol. The van der Waals surface area contributed by atoms with Crippen LogP contribution >= 0.6 is 0 Å². The number of methoxy groups -OCH3 is 3. The topological polar surface area (TPSA) is 104 Å². The second-order valence-electron chi connectivity index (χ2n) is 10.5. The first-order valence-electron chi connectivity index (χ1n) is 14.1. The van der Waals surface area contributed by atoms with Crippen LogP contribution in [0.15, 0.2) is 72.8 Å². The Balaban J connectivity index is 1.41. The number of hydrogen-bond acceptors (Lipinski definition) is 7. The van der Waals surface area contributed by atoms with Gasteiger partial charge in [-0.25, -0.2) is 14.8 Å². The first-order valence-corrected chi connectivity index (χ1v) is 14.1. The Morgan fingerprint density at radius 2 is 1.58 bits per heavy atom. The van der Waals surface area contributed by atoms with Crippen LogP contribution in [0, 0.1) is 0 Å². The molecule has 11 heteroatoms. The smallest absolute Gasteiger partial charge is 0.334 e. The number of rotatable bonds is 9. The summed E-state index contributed by atoms with van der Waals surface area (Å²) < 4.78 is 16.0. The number of carbonyl (C=O) groups excluding carboxylic acids is 3. The fraction of sp³-hybridized carbons (Fsp3) is 0.344. The number of amides is 4. The lowest BCUT2D eigenvalue weighted by molar-refractivity contribution is -0.187. The molecule has 2 heterocycles. The SMILES string of the molecule is COc1ccc(CNC(=O)N2C3CN(CCc4ccc(OC)c(OC)c4)C(=O)[C@H](c4ccccc4)N3C(=O)CN2C)cc1. The quantitative estimate of drug-likeness (QED) is 0.411. The van der Waals surface area contributed by atoms with Crippen molar-refractivity contribution in [1.29, 1.82) is 0 Å². The zero-order valence-electron chi connectivity index (χ0n) is 24.9. The van der Waals surface area contributed by atoms with E-state index in [0.717, 1.165) is 16.9 Å². The van der Waals surface area contributed by atoms with Gasteiger partial charge in [0.1, 0.15) is 18.0 Å². The maximum absolute atomic E-state index is 14.0. The number of piperazine rings is 1. The molecule has 0 saturated carbocycles. The molecule has 5 rings (SSSR count). The van der Waals surface area contributed by atoms with Gasteiger partial charge in [-0.15, -0.1) is 0 Å². The zero-order chi connectivity index (χ0) is 30.5. The molecule has 11 nitrogen and oxygen atoms in total. The lowest BCUT2D eigenvalue weighted by Crippen LogP contribution is -2.73. The first-order chi connectivity index (χ1) is 20.8. The van der Waals surface area contributed by atoms with Crippen molar-refractivity contribution in [3.05, 3.63) is 89.5 Å². The van der Waals surface area contributed by atoms with E-state index in [9.17, 15) is 14.4 Å². The van der Waals surface area contributed by atoms with Gasteiger partial charge < -0.3 is 29.3 Å². The molecule has 0 aromatic heterocycles. The second-order valence-corrected chi connectivity index (χ2v) is 10.5. The molecule has 226 valence electrons. The molecule has 2 atom stereocenters. The number of likely N-dealkylation sites (N-methyl/N-ethyl adjacent to an activating group) is 1. The number of nitrogens with zero attached hydrogens (tertiary/aromatic N) is 4. The number of hydrogen-bond donors (Lipinski definition) is 1. The third-order valence-corrected chi connectivity index (χ3v) is 7.88. The van der Waals surface area contributed by atoms with Gasteiger partial charge in [0.25, 0.3) is 0 Å². The minimum atomic E-state index is -0.858. The molecule has 4 amide bonds. The Kier molecular flexibility index (Phi) is 9.01. The molecule has 2 aliphatic rings. The summed E-state index contributed by atoms with van der Waals surface area (Å²) in [7, 11) is 6.48. The average Bonchev–Trinajstić information content (AvgIpc) is 3.03. The van der Waals surface area contributed by atoms with Crippen molar-refractivity contribution in [2.24, 2.45) is 0 Å². The van der Waals surface area contributed by atoms with Gasteiger partial charge in [-0.2, -0.15) is 0 Å². The van der Waals surface area contributed by atoms with Crippen molar-refractivity contribution in [2.45, 2.75) is 25.2 Å². The maximum Gasteiger partial charge on any atom is 0.334 e. The fourth-order valence-corrected chi connectivity index (χ4v) is 5.66. The van der Waals surface area contributed by atoms with Crippen LogP contribution in [0.2, 0.25) is 0 Å². The van der Waals surface area contributed by atoms with Crippen LogP contribution in [0.1, 0.15) is 22.7 Å². The van der Waals surface area contributed by atoms with Crippen LogP contribution in [-0.2, 0) is 22.6 Å². The summed E-state index contributed by atoms with van der Waals surface area (Å²) in [5, 5.41) is 6.16. The highest BCUT2D eigenvalue weighted by atomic mass is 16.5. The van der Waals surface area contributed by atoms with Crippen molar-refractivity contribution >= 4 is 17.8 Å². The minimum Gasteiger partial charge on any atom is -0.497 e. The summed E-state index contributed by atoms with van der Waals surface area (Å²) in [5.74, 6) is 1.57. The molecule has 0 radical (unpaired) electrons. The van der Waals surface area contributed by atoms with Crippen LogP contribution in [0.5, 0.6) is 17.2 Å². The minimum absolute atomic E-state index is 0.0330. The number of carbonyl (C=O) groups is 3. The Morgan fingerprint density at radius 3 is 2.26 bits per heavy atom. The molecule has 2 aliphatic heterocycles. The van der Waals surface area contributed by atoms with Crippen molar-refractivity contribution in [1.82, 2.24) is 25.1 Å². The molecule has 0 aliphatic carbocycles. The zero-order valence-corrected chi connectivity index (χ0v) is 24.9. The van der Waals surface area contributed by atoms with Crippen molar-refractivity contribution in [3.63, 3.8) is 0 Å². The van der Waals surface area contributed by atoms with Gasteiger partial charge in [-0.05, 0) is 47.4 Å². The van der Waals surface area contributed by atoms with E-state index < -0.39 is 12.2 Å². The largest absolute Gasteiger partial charge is 0.497 e. The lowest BCUT2D eigenvalue weighted by Gasteiger charge is -2.54. The summed E-state index contributed by atoms with van der Waals surface area (Å²) in [5.41, 5.74) is 2.57. The van der Waals surface area contributed by atoms with Crippen LogP contribution in [-0.4, -0.2) is 91.8 Å².